The highest BCUT2D eigenvalue weighted by atomic mass is 16.7. The van der Waals surface area contributed by atoms with Crippen molar-refractivity contribution in [1.82, 2.24) is 5.32 Å². The van der Waals surface area contributed by atoms with Crippen molar-refractivity contribution >= 4 is 0 Å². The number of phenolic OH excluding ortho intramolecular Hbond substituents is 1. The van der Waals surface area contributed by atoms with E-state index in [1.54, 1.807) is 19.2 Å². The highest BCUT2D eigenvalue weighted by Gasteiger charge is 2.17. The lowest BCUT2D eigenvalue weighted by Gasteiger charge is -2.24. The Hall–Kier alpha value is -2.08. The molecular formula is C21H29NO4. The zero-order chi connectivity index (χ0) is 18.8. The molecule has 1 atom stereocenters. The summed E-state index contributed by atoms with van der Waals surface area (Å²) in [4.78, 5) is 0. The van der Waals surface area contributed by atoms with E-state index in [4.69, 9.17) is 14.2 Å². The van der Waals surface area contributed by atoms with Crippen LogP contribution in [0.4, 0.5) is 0 Å². The third-order valence-electron chi connectivity index (χ3n) is 4.12. The van der Waals surface area contributed by atoms with Crippen LogP contribution < -0.4 is 10.1 Å². The molecule has 2 N–H and O–H groups in total. The van der Waals surface area contributed by atoms with Gasteiger partial charge in [0, 0.05) is 25.8 Å². The number of methoxy groups -OCH3 is 1. The summed E-state index contributed by atoms with van der Waals surface area (Å²) in [7, 11) is 1.54. The smallest absolute Gasteiger partial charge is 0.169 e. The Balaban J connectivity index is 2.16. The van der Waals surface area contributed by atoms with Crippen molar-refractivity contribution in [2.24, 2.45) is 0 Å². The second-order valence-electron chi connectivity index (χ2n) is 5.92. The SMILES string of the molecule is CCOC(CNC(Cc1ccccc1)c1ccc(OC)c(O)c1)OCC. The third kappa shape index (κ3) is 6.02. The first-order chi connectivity index (χ1) is 12.7. The van der Waals surface area contributed by atoms with E-state index in [0.717, 1.165) is 12.0 Å². The molecule has 0 aliphatic rings. The molecule has 0 bridgehead atoms. The summed E-state index contributed by atoms with van der Waals surface area (Å²) in [6.45, 7) is 5.66. The lowest BCUT2D eigenvalue weighted by atomic mass is 9.98. The van der Waals surface area contributed by atoms with Crippen LogP contribution in [0.15, 0.2) is 48.5 Å². The van der Waals surface area contributed by atoms with Gasteiger partial charge in [0.05, 0.1) is 7.11 Å². The van der Waals surface area contributed by atoms with Gasteiger partial charge in [-0.25, -0.2) is 0 Å². The molecule has 5 heteroatoms. The quantitative estimate of drug-likeness (QED) is 0.600. The molecule has 0 heterocycles. The summed E-state index contributed by atoms with van der Waals surface area (Å²) in [5, 5.41) is 13.7. The van der Waals surface area contributed by atoms with Crippen molar-refractivity contribution in [2.75, 3.05) is 26.9 Å². The zero-order valence-corrected chi connectivity index (χ0v) is 15.8. The maximum atomic E-state index is 10.2. The van der Waals surface area contributed by atoms with E-state index in [9.17, 15) is 5.11 Å². The Kier molecular flexibility index (Phi) is 8.41. The standard InChI is InChI=1S/C21H29NO4/c1-4-25-21(26-5-2)15-22-18(13-16-9-7-6-8-10-16)17-11-12-20(24-3)19(23)14-17/h6-12,14,18,21-23H,4-5,13,15H2,1-3H3. The third-order valence-corrected chi connectivity index (χ3v) is 4.12. The number of phenols is 1. The summed E-state index contributed by atoms with van der Waals surface area (Å²) >= 11 is 0. The first-order valence-electron chi connectivity index (χ1n) is 9.05. The van der Waals surface area contributed by atoms with Gasteiger partial charge in [0.25, 0.3) is 0 Å². The van der Waals surface area contributed by atoms with Crippen LogP contribution in [0.2, 0.25) is 0 Å². The zero-order valence-electron chi connectivity index (χ0n) is 15.8. The fraction of sp³-hybridized carbons (Fsp3) is 0.429. The minimum atomic E-state index is -0.296. The second-order valence-corrected chi connectivity index (χ2v) is 5.92. The Morgan fingerprint density at radius 3 is 2.27 bits per heavy atom. The molecule has 0 fully saturated rings. The molecule has 0 radical (unpaired) electrons. The Morgan fingerprint density at radius 1 is 1.00 bits per heavy atom. The topological polar surface area (TPSA) is 60.0 Å². The van der Waals surface area contributed by atoms with Gasteiger partial charge in [-0.3, -0.25) is 0 Å². The van der Waals surface area contributed by atoms with Gasteiger partial charge in [0.1, 0.15) is 0 Å². The fourth-order valence-electron chi connectivity index (χ4n) is 2.86. The molecule has 0 amide bonds. The van der Waals surface area contributed by atoms with Gasteiger partial charge in [-0.05, 0) is 43.5 Å². The predicted octanol–water partition coefficient (Wildman–Crippen LogP) is 3.67. The van der Waals surface area contributed by atoms with Crippen LogP contribution >= 0.6 is 0 Å². The van der Waals surface area contributed by atoms with Gasteiger partial charge in [-0.2, -0.15) is 0 Å². The molecule has 1 unspecified atom stereocenters. The van der Waals surface area contributed by atoms with E-state index >= 15 is 0 Å². The second kappa shape index (κ2) is 10.8. The fourth-order valence-corrected chi connectivity index (χ4v) is 2.86. The van der Waals surface area contributed by atoms with Crippen molar-refractivity contribution < 1.29 is 19.3 Å². The average molecular weight is 359 g/mol. The molecule has 0 aliphatic carbocycles. The molecule has 0 saturated heterocycles. The van der Waals surface area contributed by atoms with E-state index in [1.165, 1.54) is 5.56 Å². The summed E-state index contributed by atoms with van der Waals surface area (Å²) in [5.74, 6) is 0.602. The van der Waals surface area contributed by atoms with E-state index < -0.39 is 0 Å². The molecule has 5 nitrogen and oxygen atoms in total. The van der Waals surface area contributed by atoms with Crippen LogP contribution in [-0.2, 0) is 15.9 Å². The molecule has 2 rings (SSSR count). The van der Waals surface area contributed by atoms with Crippen molar-refractivity contribution in [3.63, 3.8) is 0 Å². The molecule has 0 spiro atoms. The number of hydrogen-bond acceptors (Lipinski definition) is 5. The minimum absolute atomic E-state index is 0.0117. The molecule has 2 aromatic rings. The lowest BCUT2D eigenvalue weighted by Crippen LogP contribution is -2.35. The van der Waals surface area contributed by atoms with Crippen LogP contribution in [0.5, 0.6) is 11.5 Å². The molecule has 0 saturated carbocycles. The number of benzene rings is 2. The number of rotatable bonds is 11. The van der Waals surface area contributed by atoms with Gasteiger partial charge < -0.3 is 24.6 Å². The van der Waals surface area contributed by atoms with Crippen LogP contribution in [0.3, 0.4) is 0 Å². The van der Waals surface area contributed by atoms with E-state index in [-0.39, 0.29) is 18.1 Å². The largest absolute Gasteiger partial charge is 0.504 e. The number of ether oxygens (including phenoxy) is 3. The summed E-state index contributed by atoms with van der Waals surface area (Å²) < 4.78 is 16.4. The van der Waals surface area contributed by atoms with Gasteiger partial charge in [-0.1, -0.05) is 36.4 Å². The molecule has 26 heavy (non-hydrogen) atoms. The van der Waals surface area contributed by atoms with Crippen LogP contribution in [0, 0.1) is 0 Å². The summed E-state index contributed by atoms with van der Waals surface area (Å²) in [6.07, 6.45) is 0.493. The highest BCUT2D eigenvalue weighted by Crippen LogP contribution is 2.30. The first-order valence-corrected chi connectivity index (χ1v) is 9.05. The number of aromatic hydroxyl groups is 1. The maximum Gasteiger partial charge on any atom is 0.169 e. The highest BCUT2D eigenvalue weighted by molar-refractivity contribution is 5.43. The van der Waals surface area contributed by atoms with Gasteiger partial charge in [-0.15, -0.1) is 0 Å². The van der Waals surface area contributed by atoms with E-state index in [2.05, 4.69) is 17.4 Å². The van der Waals surface area contributed by atoms with Crippen LogP contribution in [0.25, 0.3) is 0 Å². The van der Waals surface area contributed by atoms with Gasteiger partial charge >= 0.3 is 0 Å². The van der Waals surface area contributed by atoms with Crippen molar-refractivity contribution in [3.05, 3.63) is 59.7 Å². The monoisotopic (exact) mass is 359 g/mol. The molecule has 142 valence electrons. The molecule has 0 aromatic heterocycles. The van der Waals surface area contributed by atoms with E-state index in [0.29, 0.717) is 25.5 Å². The van der Waals surface area contributed by atoms with Crippen molar-refractivity contribution in [1.29, 1.82) is 0 Å². The van der Waals surface area contributed by atoms with Gasteiger partial charge in [0.15, 0.2) is 17.8 Å². The van der Waals surface area contributed by atoms with Gasteiger partial charge in [0.2, 0.25) is 0 Å². The Bertz CT molecular complexity index is 642. The number of nitrogens with one attached hydrogen (secondary N) is 1. The summed E-state index contributed by atoms with van der Waals surface area (Å²) in [5.41, 5.74) is 2.20. The Morgan fingerprint density at radius 2 is 1.69 bits per heavy atom. The molecule has 0 aliphatic heterocycles. The lowest BCUT2D eigenvalue weighted by molar-refractivity contribution is -0.133. The molecular weight excluding hydrogens is 330 g/mol. The van der Waals surface area contributed by atoms with Crippen LogP contribution in [0.1, 0.15) is 31.0 Å². The maximum absolute atomic E-state index is 10.2. The first kappa shape index (κ1) is 20.2. The average Bonchev–Trinajstić information content (AvgIpc) is 2.66. The van der Waals surface area contributed by atoms with Crippen molar-refractivity contribution in [3.8, 4) is 11.5 Å². The minimum Gasteiger partial charge on any atom is -0.504 e. The summed E-state index contributed by atoms with van der Waals surface area (Å²) in [6, 6.07) is 15.8. The predicted molar refractivity (Wildman–Crippen MR) is 103 cm³/mol. The van der Waals surface area contributed by atoms with Crippen LogP contribution in [-0.4, -0.2) is 38.3 Å². The normalized spacial score (nSPS) is 12.3. The van der Waals surface area contributed by atoms with E-state index in [1.807, 2.05) is 38.1 Å². The molecule has 2 aromatic carbocycles. The number of hydrogen-bond donors (Lipinski definition) is 2. The van der Waals surface area contributed by atoms with Crippen molar-refractivity contribution in [2.45, 2.75) is 32.6 Å². The Labute approximate surface area is 155 Å².